The standard InChI is InChI=1S/C17H29NO3.3C2H6.CH4O/c1-2-16(19)13-11-14(12-13)18-17(20)9-6-10-21-15-7-4-3-5-8-15;4*1-2/h13-15H,2-12H2,1H3,(H,18,20);3*1-2H3;2H,1H3. The van der Waals surface area contributed by atoms with Crippen molar-refractivity contribution < 1.29 is 19.4 Å². The van der Waals surface area contributed by atoms with Crippen LogP contribution in [0.1, 0.15) is 113 Å². The molecular formula is C24H51NO4. The molecule has 0 saturated heterocycles. The van der Waals surface area contributed by atoms with Gasteiger partial charge >= 0.3 is 0 Å². The minimum absolute atomic E-state index is 0.106. The van der Waals surface area contributed by atoms with E-state index in [-0.39, 0.29) is 17.9 Å². The zero-order valence-electron chi connectivity index (χ0n) is 20.7. The maximum Gasteiger partial charge on any atom is 0.220 e. The Balaban J connectivity index is -0.000000754. The number of carbonyl (C=O) groups excluding carboxylic acids is 2. The molecule has 1 amide bonds. The maximum absolute atomic E-state index is 11.8. The van der Waals surface area contributed by atoms with Crippen molar-refractivity contribution in [3.63, 3.8) is 0 Å². The number of ether oxygens (including phenoxy) is 1. The second kappa shape index (κ2) is 25.1. The fourth-order valence-corrected chi connectivity index (χ4v) is 3.30. The van der Waals surface area contributed by atoms with Crippen molar-refractivity contribution in [3.05, 3.63) is 0 Å². The largest absolute Gasteiger partial charge is 0.400 e. The van der Waals surface area contributed by atoms with Crippen LogP contribution in [0, 0.1) is 5.92 Å². The third-order valence-electron chi connectivity index (χ3n) is 4.76. The van der Waals surface area contributed by atoms with Crippen LogP contribution in [0.25, 0.3) is 0 Å². The highest BCUT2D eigenvalue weighted by Crippen LogP contribution is 2.29. The predicted molar refractivity (Wildman–Crippen MR) is 124 cm³/mol. The van der Waals surface area contributed by atoms with Gasteiger partial charge in [-0.25, -0.2) is 0 Å². The van der Waals surface area contributed by atoms with Crippen LogP contribution in [0.3, 0.4) is 0 Å². The molecule has 0 bridgehead atoms. The van der Waals surface area contributed by atoms with Gasteiger partial charge in [-0.1, -0.05) is 67.7 Å². The zero-order valence-corrected chi connectivity index (χ0v) is 20.7. The quantitative estimate of drug-likeness (QED) is 0.498. The molecule has 2 aliphatic carbocycles. The van der Waals surface area contributed by atoms with Gasteiger partial charge in [-0.2, -0.15) is 0 Å². The first kappa shape index (κ1) is 32.7. The Kier molecular flexibility index (Phi) is 28.3. The first-order valence-electron chi connectivity index (χ1n) is 12.1. The van der Waals surface area contributed by atoms with E-state index >= 15 is 0 Å². The molecule has 2 rings (SSSR count). The number of rotatable bonds is 8. The summed E-state index contributed by atoms with van der Waals surface area (Å²) in [4.78, 5) is 23.2. The summed E-state index contributed by atoms with van der Waals surface area (Å²) in [5, 5.41) is 10.0. The molecule has 29 heavy (non-hydrogen) atoms. The van der Waals surface area contributed by atoms with Crippen molar-refractivity contribution in [1.82, 2.24) is 5.32 Å². The first-order chi connectivity index (χ1) is 14.2. The minimum Gasteiger partial charge on any atom is -0.400 e. The number of amides is 1. The van der Waals surface area contributed by atoms with E-state index in [1.807, 2.05) is 48.5 Å². The molecule has 0 heterocycles. The Bertz CT molecular complexity index is 349. The molecular weight excluding hydrogens is 366 g/mol. The van der Waals surface area contributed by atoms with Gasteiger partial charge in [-0.3, -0.25) is 9.59 Å². The monoisotopic (exact) mass is 417 g/mol. The van der Waals surface area contributed by atoms with E-state index in [1.54, 1.807) is 0 Å². The highest BCUT2D eigenvalue weighted by Gasteiger charge is 2.33. The third kappa shape index (κ3) is 16.5. The lowest BCUT2D eigenvalue weighted by Gasteiger charge is -2.34. The van der Waals surface area contributed by atoms with E-state index in [2.05, 4.69) is 5.32 Å². The normalized spacial score (nSPS) is 19.8. The smallest absolute Gasteiger partial charge is 0.220 e. The van der Waals surface area contributed by atoms with E-state index in [1.165, 1.54) is 32.1 Å². The van der Waals surface area contributed by atoms with Gasteiger partial charge in [0.15, 0.2) is 0 Å². The first-order valence-corrected chi connectivity index (χ1v) is 12.1. The summed E-state index contributed by atoms with van der Waals surface area (Å²) < 4.78 is 5.82. The van der Waals surface area contributed by atoms with E-state index < -0.39 is 0 Å². The molecule has 0 radical (unpaired) electrons. The molecule has 0 aliphatic heterocycles. The van der Waals surface area contributed by atoms with Crippen molar-refractivity contribution in [1.29, 1.82) is 0 Å². The number of Topliss-reactive ketones (excluding diaryl/α,β-unsaturated/α-hetero) is 1. The van der Waals surface area contributed by atoms with Crippen molar-refractivity contribution in [2.24, 2.45) is 5.92 Å². The van der Waals surface area contributed by atoms with E-state index in [0.717, 1.165) is 26.4 Å². The summed E-state index contributed by atoms with van der Waals surface area (Å²) in [6.45, 7) is 14.6. The minimum atomic E-state index is 0.106. The fraction of sp³-hybridized carbons (Fsp3) is 0.917. The van der Waals surface area contributed by atoms with Crippen LogP contribution in [-0.2, 0) is 14.3 Å². The molecule has 2 fully saturated rings. The summed E-state index contributed by atoms with van der Waals surface area (Å²) >= 11 is 0. The Morgan fingerprint density at radius 3 is 1.93 bits per heavy atom. The Morgan fingerprint density at radius 2 is 1.45 bits per heavy atom. The van der Waals surface area contributed by atoms with Gasteiger partial charge < -0.3 is 15.2 Å². The Labute approximate surface area is 181 Å². The SMILES string of the molecule is CC.CC.CC.CCC(=O)C1CC(NC(=O)CCCOC2CCCCC2)C1.CO. The van der Waals surface area contributed by atoms with Gasteiger partial charge in [0.05, 0.1) is 6.10 Å². The van der Waals surface area contributed by atoms with E-state index in [0.29, 0.717) is 31.3 Å². The van der Waals surface area contributed by atoms with Gasteiger partial charge in [0, 0.05) is 38.5 Å². The van der Waals surface area contributed by atoms with Crippen LogP contribution in [0.4, 0.5) is 0 Å². The second-order valence-corrected chi connectivity index (χ2v) is 6.49. The molecule has 2 aliphatic rings. The summed E-state index contributed by atoms with van der Waals surface area (Å²) in [6.07, 6.45) is 10.3. The fourth-order valence-electron chi connectivity index (χ4n) is 3.30. The van der Waals surface area contributed by atoms with Gasteiger partial charge in [0.2, 0.25) is 5.91 Å². The molecule has 0 aromatic rings. The molecule has 2 saturated carbocycles. The van der Waals surface area contributed by atoms with Gasteiger partial charge in [-0.15, -0.1) is 0 Å². The van der Waals surface area contributed by atoms with Crippen LogP contribution in [-0.4, -0.2) is 42.7 Å². The Morgan fingerprint density at radius 1 is 0.931 bits per heavy atom. The number of aliphatic hydroxyl groups is 1. The maximum atomic E-state index is 11.8. The van der Waals surface area contributed by atoms with Crippen LogP contribution in [0.15, 0.2) is 0 Å². The molecule has 0 unspecified atom stereocenters. The molecule has 0 atom stereocenters. The van der Waals surface area contributed by atoms with Gasteiger partial charge in [-0.05, 0) is 32.1 Å². The van der Waals surface area contributed by atoms with Crippen LogP contribution in [0.2, 0.25) is 0 Å². The van der Waals surface area contributed by atoms with Gasteiger partial charge in [0.1, 0.15) is 5.78 Å². The van der Waals surface area contributed by atoms with E-state index in [9.17, 15) is 9.59 Å². The van der Waals surface area contributed by atoms with Crippen molar-refractivity contribution >= 4 is 11.7 Å². The number of carbonyl (C=O) groups is 2. The third-order valence-corrected chi connectivity index (χ3v) is 4.76. The van der Waals surface area contributed by atoms with E-state index in [4.69, 9.17) is 9.84 Å². The predicted octanol–water partition coefficient (Wildman–Crippen LogP) is 5.68. The summed E-state index contributed by atoms with van der Waals surface area (Å²) in [5.41, 5.74) is 0. The van der Waals surface area contributed by atoms with Crippen molar-refractivity contribution in [2.45, 2.75) is 125 Å². The number of hydrogen-bond acceptors (Lipinski definition) is 4. The lowest BCUT2D eigenvalue weighted by atomic mass is 9.77. The zero-order chi connectivity index (χ0) is 23.1. The van der Waals surface area contributed by atoms with Crippen LogP contribution >= 0.6 is 0 Å². The number of ketones is 1. The molecule has 176 valence electrons. The van der Waals surface area contributed by atoms with Gasteiger partial charge in [0.25, 0.3) is 0 Å². The summed E-state index contributed by atoms with van der Waals surface area (Å²) in [5.74, 6) is 0.631. The average Bonchev–Trinajstić information content (AvgIpc) is 2.79. The highest BCUT2D eigenvalue weighted by molar-refractivity contribution is 5.82. The lowest BCUT2D eigenvalue weighted by molar-refractivity contribution is -0.129. The summed E-state index contributed by atoms with van der Waals surface area (Å²) in [7, 11) is 1.00. The van der Waals surface area contributed by atoms with Crippen LogP contribution in [0.5, 0.6) is 0 Å². The topological polar surface area (TPSA) is 75.6 Å². The molecule has 0 spiro atoms. The number of nitrogens with one attached hydrogen (secondary N) is 1. The second-order valence-electron chi connectivity index (χ2n) is 6.49. The summed E-state index contributed by atoms with van der Waals surface area (Å²) in [6, 6.07) is 0.220. The highest BCUT2D eigenvalue weighted by atomic mass is 16.5. The lowest BCUT2D eigenvalue weighted by Crippen LogP contribution is -2.46. The molecule has 0 aromatic heterocycles. The van der Waals surface area contributed by atoms with Crippen molar-refractivity contribution in [2.75, 3.05) is 13.7 Å². The molecule has 0 aromatic carbocycles. The number of aliphatic hydroxyl groups excluding tert-OH is 1. The van der Waals surface area contributed by atoms with Crippen molar-refractivity contribution in [3.8, 4) is 0 Å². The molecule has 2 N–H and O–H groups in total. The molecule has 5 nitrogen and oxygen atoms in total. The van der Waals surface area contributed by atoms with Crippen LogP contribution < -0.4 is 5.32 Å². The average molecular weight is 418 g/mol. The number of hydrogen-bond donors (Lipinski definition) is 2. The Hall–Kier alpha value is -0.940. The molecule has 5 heteroatoms.